The van der Waals surface area contributed by atoms with Crippen molar-refractivity contribution in [2.45, 2.75) is 51.6 Å². The predicted octanol–water partition coefficient (Wildman–Crippen LogP) is 1.27. The number of ether oxygens (including phenoxy) is 1. The molecular formula is C16H29NO4. The van der Waals surface area contributed by atoms with Crippen molar-refractivity contribution in [1.29, 1.82) is 0 Å². The van der Waals surface area contributed by atoms with Crippen LogP contribution in [0.1, 0.15) is 45.4 Å². The molecule has 0 spiro atoms. The Morgan fingerprint density at radius 1 is 1.19 bits per heavy atom. The molecule has 0 fully saturated rings. The summed E-state index contributed by atoms with van der Waals surface area (Å²) in [5.41, 5.74) is 0. The lowest BCUT2D eigenvalue weighted by atomic mass is 10.2. The van der Waals surface area contributed by atoms with Gasteiger partial charge in [-0.3, -0.25) is 4.79 Å². The average Bonchev–Trinajstić information content (AvgIpc) is 2.30. The molecule has 0 aromatic heterocycles. The normalized spacial score (nSPS) is 13.3. The lowest BCUT2D eigenvalue weighted by Crippen LogP contribution is -2.45. The van der Waals surface area contributed by atoms with E-state index in [1.807, 2.05) is 21.1 Å². The van der Waals surface area contributed by atoms with E-state index in [1.165, 1.54) is 0 Å². The lowest BCUT2D eigenvalue weighted by molar-refractivity contribution is -0.873. The number of carbonyl (C=O) groups is 2. The number of likely N-dealkylation sites (N-methyl/N-ethyl adjacent to an activating group) is 1. The first-order valence-corrected chi connectivity index (χ1v) is 7.59. The van der Waals surface area contributed by atoms with Crippen molar-refractivity contribution in [2.24, 2.45) is 0 Å². The number of unbranched alkanes of at least 4 members (excludes halogenated alkanes) is 2. The first kappa shape index (κ1) is 19.6. The molecule has 0 N–H and O–H groups in total. The van der Waals surface area contributed by atoms with E-state index in [-0.39, 0.29) is 12.4 Å². The Morgan fingerprint density at radius 2 is 1.86 bits per heavy atom. The largest absolute Gasteiger partial charge is 0.550 e. The molecule has 1 atom stereocenters. The summed E-state index contributed by atoms with van der Waals surface area (Å²) in [6.45, 7) is 2.54. The summed E-state index contributed by atoms with van der Waals surface area (Å²) < 4.78 is 5.81. The van der Waals surface area contributed by atoms with E-state index < -0.39 is 12.1 Å². The van der Waals surface area contributed by atoms with E-state index in [4.69, 9.17) is 4.74 Å². The number of carbonyl (C=O) groups excluding carboxylic acids is 2. The maximum Gasteiger partial charge on any atom is 0.306 e. The highest BCUT2D eigenvalue weighted by Crippen LogP contribution is 2.08. The molecule has 0 saturated carbocycles. The van der Waals surface area contributed by atoms with Gasteiger partial charge in [-0.1, -0.05) is 19.1 Å². The Morgan fingerprint density at radius 3 is 2.38 bits per heavy atom. The van der Waals surface area contributed by atoms with Crippen LogP contribution in [0.4, 0.5) is 0 Å². The topological polar surface area (TPSA) is 66.4 Å². The zero-order valence-electron chi connectivity index (χ0n) is 13.8. The first-order chi connectivity index (χ1) is 9.74. The zero-order valence-corrected chi connectivity index (χ0v) is 13.8. The van der Waals surface area contributed by atoms with E-state index in [0.717, 1.165) is 25.7 Å². The van der Waals surface area contributed by atoms with E-state index in [2.05, 4.69) is 19.1 Å². The fourth-order valence-corrected chi connectivity index (χ4v) is 2.00. The number of quaternary nitrogens is 1. The molecule has 21 heavy (non-hydrogen) atoms. The number of rotatable bonds is 11. The van der Waals surface area contributed by atoms with Crippen LogP contribution in [0, 0.1) is 0 Å². The van der Waals surface area contributed by atoms with Gasteiger partial charge in [-0.15, -0.1) is 0 Å². The molecule has 0 radical (unpaired) electrons. The average molecular weight is 299 g/mol. The Kier molecular flexibility index (Phi) is 9.71. The smallest absolute Gasteiger partial charge is 0.306 e. The van der Waals surface area contributed by atoms with Crippen molar-refractivity contribution in [3.63, 3.8) is 0 Å². The van der Waals surface area contributed by atoms with Crippen LogP contribution in [0.3, 0.4) is 0 Å². The van der Waals surface area contributed by atoms with Crippen LogP contribution in [-0.4, -0.2) is 50.2 Å². The van der Waals surface area contributed by atoms with Gasteiger partial charge >= 0.3 is 5.97 Å². The number of hydrogen-bond donors (Lipinski definition) is 0. The van der Waals surface area contributed by atoms with Crippen LogP contribution >= 0.6 is 0 Å². The Balaban J connectivity index is 4.09. The Labute approximate surface area is 128 Å². The summed E-state index contributed by atoms with van der Waals surface area (Å²) in [5, 5.41) is 10.7. The maximum absolute atomic E-state index is 11.7. The fourth-order valence-electron chi connectivity index (χ4n) is 2.00. The van der Waals surface area contributed by atoms with E-state index in [1.54, 1.807) is 0 Å². The highest BCUT2D eigenvalue weighted by molar-refractivity contribution is 5.70. The molecule has 0 aromatic rings. The SMILES string of the molecule is CC/C=C/CCCCC(=O)OC(CC(=O)[O-])C[N+](C)(C)C. The second-order valence-corrected chi connectivity index (χ2v) is 6.29. The number of nitrogens with zero attached hydrogens (tertiary/aromatic N) is 1. The molecule has 0 bridgehead atoms. The van der Waals surface area contributed by atoms with Crippen LogP contribution < -0.4 is 5.11 Å². The maximum atomic E-state index is 11.7. The summed E-state index contributed by atoms with van der Waals surface area (Å²) in [6.07, 6.45) is 7.36. The third kappa shape index (κ3) is 13.4. The van der Waals surface area contributed by atoms with E-state index in [9.17, 15) is 14.7 Å². The second kappa shape index (κ2) is 10.4. The summed E-state index contributed by atoms with van der Waals surface area (Å²) in [5.74, 6) is -1.51. The number of aliphatic carboxylic acids is 1. The quantitative estimate of drug-likeness (QED) is 0.249. The van der Waals surface area contributed by atoms with Crippen molar-refractivity contribution in [3.8, 4) is 0 Å². The van der Waals surface area contributed by atoms with E-state index in [0.29, 0.717) is 17.4 Å². The van der Waals surface area contributed by atoms with E-state index >= 15 is 0 Å². The molecule has 0 aliphatic carbocycles. The molecule has 0 aliphatic heterocycles. The fraction of sp³-hybridized carbons (Fsp3) is 0.750. The van der Waals surface area contributed by atoms with Gasteiger partial charge in [0.15, 0.2) is 6.10 Å². The lowest BCUT2D eigenvalue weighted by Gasteiger charge is -2.29. The van der Waals surface area contributed by atoms with Crippen molar-refractivity contribution < 1.29 is 23.9 Å². The van der Waals surface area contributed by atoms with Gasteiger partial charge in [-0.2, -0.15) is 0 Å². The molecule has 0 heterocycles. The van der Waals surface area contributed by atoms with Crippen LogP contribution in [0.5, 0.6) is 0 Å². The minimum absolute atomic E-state index is 0.250. The van der Waals surface area contributed by atoms with Crippen LogP contribution in [0.15, 0.2) is 12.2 Å². The molecule has 0 saturated heterocycles. The Hall–Kier alpha value is -1.36. The Bertz CT molecular complexity index is 345. The standard InChI is InChI=1S/C16H29NO4/c1-5-6-7-8-9-10-11-16(20)21-14(12-15(18)19)13-17(2,3)4/h6-7,14H,5,8-13H2,1-4H3/b7-6+. The molecule has 122 valence electrons. The number of esters is 1. The third-order valence-corrected chi connectivity index (χ3v) is 2.85. The number of allylic oxidation sites excluding steroid dienone is 2. The molecular weight excluding hydrogens is 270 g/mol. The highest BCUT2D eigenvalue weighted by atomic mass is 16.5. The summed E-state index contributed by atoms with van der Waals surface area (Å²) in [4.78, 5) is 22.5. The van der Waals surface area contributed by atoms with Gasteiger partial charge in [0, 0.05) is 18.8 Å². The minimum Gasteiger partial charge on any atom is -0.550 e. The number of carboxylic acids is 1. The number of hydrogen-bond acceptors (Lipinski definition) is 4. The molecule has 0 rings (SSSR count). The third-order valence-electron chi connectivity index (χ3n) is 2.85. The van der Waals surface area contributed by atoms with Gasteiger partial charge in [0.1, 0.15) is 6.54 Å². The number of carboxylic acid groups (broad SMARTS) is 1. The molecule has 0 aliphatic rings. The summed E-state index contributed by atoms with van der Waals surface area (Å²) >= 11 is 0. The van der Waals surface area contributed by atoms with Gasteiger partial charge in [0.2, 0.25) is 0 Å². The zero-order chi connectivity index (χ0) is 16.3. The molecule has 0 aromatic carbocycles. The monoisotopic (exact) mass is 299 g/mol. The molecule has 1 unspecified atom stereocenters. The van der Waals surface area contributed by atoms with Gasteiger partial charge in [-0.25, -0.2) is 0 Å². The molecule has 5 heteroatoms. The highest BCUT2D eigenvalue weighted by Gasteiger charge is 2.22. The summed E-state index contributed by atoms with van der Waals surface area (Å²) in [6, 6.07) is 0. The van der Waals surface area contributed by atoms with Gasteiger partial charge < -0.3 is 19.1 Å². The molecule has 0 amide bonds. The molecule has 5 nitrogen and oxygen atoms in total. The summed E-state index contributed by atoms with van der Waals surface area (Å²) in [7, 11) is 5.78. The van der Waals surface area contributed by atoms with Crippen molar-refractivity contribution in [3.05, 3.63) is 12.2 Å². The van der Waals surface area contributed by atoms with Crippen LogP contribution in [0.2, 0.25) is 0 Å². The van der Waals surface area contributed by atoms with Crippen LogP contribution in [0.25, 0.3) is 0 Å². The van der Waals surface area contributed by atoms with Gasteiger partial charge in [-0.05, 0) is 25.7 Å². The van der Waals surface area contributed by atoms with Gasteiger partial charge in [0.05, 0.1) is 21.1 Å². The van der Waals surface area contributed by atoms with Crippen molar-refractivity contribution in [1.82, 2.24) is 0 Å². The predicted molar refractivity (Wildman–Crippen MR) is 80.3 cm³/mol. The first-order valence-electron chi connectivity index (χ1n) is 7.59. The van der Waals surface area contributed by atoms with Crippen molar-refractivity contribution >= 4 is 11.9 Å². The van der Waals surface area contributed by atoms with Crippen LogP contribution in [-0.2, 0) is 14.3 Å². The second-order valence-electron chi connectivity index (χ2n) is 6.29. The van der Waals surface area contributed by atoms with Crippen molar-refractivity contribution in [2.75, 3.05) is 27.7 Å². The minimum atomic E-state index is -1.19. The van der Waals surface area contributed by atoms with Gasteiger partial charge in [0.25, 0.3) is 0 Å².